The van der Waals surface area contributed by atoms with Crippen molar-refractivity contribution >= 4 is 62.3 Å². The second-order valence-corrected chi connectivity index (χ2v) is 20.6. The summed E-state index contributed by atoms with van der Waals surface area (Å²) in [5.41, 5.74) is 2.64. The lowest BCUT2D eigenvalue weighted by molar-refractivity contribution is -0.140. The minimum absolute atomic E-state index is 0.00605. The molecule has 16 heteroatoms. The molecule has 60 heavy (non-hydrogen) atoms. The highest BCUT2D eigenvalue weighted by Crippen LogP contribution is 2.39. The Bertz CT molecular complexity index is 2130. The summed E-state index contributed by atoms with van der Waals surface area (Å²) in [6.07, 6.45) is 3.55. The lowest BCUT2D eigenvalue weighted by Gasteiger charge is -2.35. The van der Waals surface area contributed by atoms with Crippen molar-refractivity contribution in [3.05, 3.63) is 58.7 Å². The number of β-amino-alcohol motifs (C(OH)–C–C–N with tert-alkyl or cyclic N) is 1. The summed E-state index contributed by atoms with van der Waals surface area (Å²) in [4.78, 5) is 52.4. The summed E-state index contributed by atoms with van der Waals surface area (Å²) in [5, 5.41) is 19.0. The molecular formula is C44H62ClN7O7S. The molecule has 1 aromatic heterocycles. The number of hydrogen-bond donors (Lipinski definition) is 4. The van der Waals surface area contributed by atoms with E-state index < -0.39 is 32.6 Å². The van der Waals surface area contributed by atoms with E-state index in [2.05, 4.69) is 25.9 Å². The maximum absolute atomic E-state index is 13.4. The third-order valence-electron chi connectivity index (χ3n) is 11.1. The highest BCUT2D eigenvalue weighted by molar-refractivity contribution is 7.92. The number of aliphatic hydroxyl groups is 1. The predicted molar refractivity (Wildman–Crippen MR) is 235 cm³/mol. The first-order valence-electron chi connectivity index (χ1n) is 20.9. The Morgan fingerprint density at radius 2 is 1.70 bits per heavy atom. The van der Waals surface area contributed by atoms with E-state index in [1.807, 2.05) is 65.5 Å². The summed E-state index contributed by atoms with van der Waals surface area (Å²) in [6.45, 7) is 18.3. The van der Waals surface area contributed by atoms with Crippen LogP contribution in [0.25, 0.3) is 0 Å². The number of aliphatic hydroxyl groups excluding tert-OH is 1. The molecule has 2 aliphatic heterocycles. The zero-order valence-electron chi connectivity index (χ0n) is 36.3. The molecule has 5 rings (SSSR count). The number of nitrogens with zero attached hydrogens (tertiary/aromatic N) is 4. The average Bonchev–Trinajstić information content (AvgIpc) is 3.52. The first-order valence-corrected chi connectivity index (χ1v) is 22.8. The van der Waals surface area contributed by atoms with E-state index in [4.69, 9.17) is 16.3 Å². The third kappa shape index (κ3) is 11.5. The largest absolute Gasteiger partial charge is 0.489 e. The zero-order valence-corrected chi connectivity index (χ0v) is 37.9. The zero-order chi connectivity index (χ0) is 44.1. The minimum Gasteiger partial charge on any atom is -0.489 e. The van der Waals surface area contributed by atoms with Gasteiger partial charge < -0.3 is 35.6 Å². The number of carbonyl (C=O) groups is 3. The molecular weight excluding hydrogens is 806 g/mol. The summed E-state index contributed by atoms with van der Waals surface area (Å²) in [7, 11) is -3.59. The molecule has 0 spiro atoms. The fourth-order valence-corrected chi connectivity index (χ4v) is 9.12. The van der Waals surface area contributed by atoms with Gasteiger partial charge in [-0.3, -0.25) is 14.4 Å². The topological polar surface area (TPSA) is 183 Å². The lowest BCUT2D eigenvalue weighted by Crippen LogP contribution is -2.55. The quantitative estimate of drug-likeness (QED) is 0.120. The van der Waals surface area contributed by atoms with Crippen molar-refractivity contribution in [2.75, 3.05) is 30.3 Å². The Kier molecular flexibility index (Phi) is 15.1. The van der Waals surface area contributed by atoms with Crippen LogP contribution in [0.3, 0.4) is 0 Å². The number of nitrogens with one attached hydrogen (secondary N) is 3. The first-order chi connectivity index (χ1) is 28.1. The van der Waals surface area contributed by atoms with Crippen LogP contribution in [0.4, 0.5) is 23.1 Å². The second-order valence-electron chi connectivity index (χ2n) is 17.7. The molecule has 0 aliphatic carbocycles. The highest BCUT2D eigenvalue weighted by atomic mass is 35.5. The Labute approximate surface area is 360 Å². The fraction of sp³-hybridized carbons (Fsp3) is 0.568. The molecule has 14 nitrogen and oxygen atoms in total. The number of anilines is 4. The fourth-order valence-electron chi connectivity index (χ4n) is 7.78. The second kappa shape index (κ2) is 19.5. The number of carbonyl (C=O) groups excluding carboxylic acids is 3. The van der Waals surface area contributed by atoms with E-state index in [-0.39, 0.29) is 76.9 Å². The molecule has 3 heterocycles. The van der Waals surface area contributed by atoms with Gasteiger partial charge in [-0.25, -0.2) is 13.4 Å². The van der Waals surface area contributed by atoms with Crippen molar-refractivity contribution in [1.29, 1.82) is 0 Å². The van der Waals surface area contributed by atoms with E-state index >= 15 is 0 Å². The number of aromatic nitrogens is 2. The third-order valence-corrected chi connectivity index (χ3v) is 13.6. The number of aryl methyl sites for hydroxylation is 1. The van der Waals surface area contributed by atoms with E-state index in [0.29, 0.717) is 43.1 Å². The maximum atomic E-state index is 13.4. The van der Waals surface area contributed by atoms with Gasteiger partial charge in [0.05, 0.1) is 39.9 Å². The average molecular weight is 869 g/mol. The molecule has 3 aromatic rings. The van der Waals surface area contributed by atoms with Crippen LogP contribution in [0.5, 0.6) is 5.75 Å². The number of ether oxygens (including phenoxy) is 1. The van der Waals surface area contributed by atoms with Crippen LogP contribution in [-0.2, 0) is 24.2 Å². The van der Waals surface area contributed by atoms with Gasteiger partial charge in [0.2, 0.25) is 23.7 Å². The maximum Gasteiger partial charge on any atom is 0.246 e. The van der Waals surface area contributed by atoms with Crippen molar-refractivity contribution in [2.45, 2.75) is 141 Å². The van der Waals surface area contributed by atoms with Crippen molar-refractivity contribution < 1.29 is 32.6 Å². The van der Waals surface area contributed by atoms with Crippen LogP contribution in [0.1, 0.15) is 111 Å². The molecule has 2 aliphatic rings. The van der Waals surface area contributed by atoms with Gasteiger partial charge in [-0.15, -0.1) is 0 Å². The number of benzene rings is 2. The van der Waals surface area contributed by atoms with Gasteiger partial charge in [-0.2, -0.15) is 4.98 Å². The number of piperidine rings is 1. The number of sulfone groups is 1. The molecule has 328 valence electrons. The number of halogens is 1. The number of likely N-dealkylation sites (tertiary alicyclic amines) is 2. The Balaban J connectivity index is 1.20. The monoisotopic (exact) mass is 867 g/mol. The molecule has 3 atom stereocenters. The molecule has 2 fully saturated rings. The van der Waals surface area contributed by atoms with E-state index in [1.54, 1.807) is 43.0 Å². The van der Waals surface area contributed by atoms with Crippen LogP contribution in [-0.4, -0.2) is 100 Å². The van der Waals surface area contributed by atoms with Crippen LogP contribution < -0.4 is 20.7 Å². The normalized spacial score (nSPS) is 18.1. The molecule has 2 saturated heterocycles. The number of rotatable bonds is 15. The Hall–Kier alpha value is -4.47. The number of hydrogen-bond acceptors (Lipinski definition) is 11. The van der Waals surface area contributed by atoms with Crippen molar-refractivity contribution in [3.63, 3.8) is 0 Å². The summed E-state index contributed by atoms with van der Waals surface area (Å²) in [6, 6.07) is 9.83. The summed E-state index contributed by atoms with van der Waals surface area (Å²) < 4.78 is 32.4. The molecule has 0 radical (unpaired) electrons. The van der Waals surface area contributed by atoms with Gasteiger partial charge in [-0.05, 0) is 114 Å². The van der Waals surface area contributed by atoms with Gasteiger partial charge in [-0.1, -0.05) is 44.5 Å². The van der Waals surface area contributed by atoms with Crippen molar-refractivity contribution in [2.24, 2.45) is 5.41 Å². The van der Waals surface area contributed by atoms with Gasteiger partial charge in [0.1, 0.15) is 16.8 Å². The first kappa shape index (κ1) is 46.6. The van der Waals surface area contributed by atoms with Gasteiger partial charge in [0.25, 0.3) is 0 Å². The number of amides is 3. The Morgan fingerprint density at radius 1 is 1.02 bits per heavy atom. The van der Waals surface area contributed by atoms with Gasteiger partial charge in [0, 0.05) is 38.5 Å². The smallest absolute Gasteiger partial charge is 0.246 e. The van der Waals surface area contributed by atoms with Crippen molar-refractivity contribution in [1.82, 2.24) is 25.1 Å². The van der Waals surface area contributed by atoms with Crippen LogP contribution >= 0.6 is 11.6 Å². The molecule has 0 unspecified atom stereocenters. The molecule has 2 aromatic carbocycles. The summed E-state index contributed by atoms with van der Waals surface area (Å²) in [5.74, 6) is 0.826. The Morgan fingerprint density at radius 3 is 2.32 bits per heavy atom. The SMILES string of the molecule is Cc1cc(Nc2ncc(Cl)c(Nc3ccccc3S(=O)(=O)C(C)C)n2)c(OC(C)C)cc1C1CCN(C(=O)CCCC(=O)N[C@H](C(=O)N2C[C@@H](O)C[C@H]2C)C(C)(C)C)CC1. The minimum atomic E-state index is -3.59. The predicted octanol–water partition coefficient (Wildman–Crippen LogP) is 7.28. The number of para-hydroxylation sites is 1. The van der Waals surface area contributed by atoms with E-state index in [9.17, 15) is 27.9 Å². The standard InChI is InChI=1S/C44H62ClN7O7S/c1-26(2)59-36-23-32(28(5)21-35(36)48-43-46-24-33(45)41(50-43)47-34-13-10-11-14-37(34)60(57,58)27(3)4)30-17-19-51(20-18-30)39(55)16-12-15-38(54)49-40(44(7,8)9)42(56)52-25-31(53)22-29(52)6/h10-11,13-14,21,23-24,26-27,29-31,40,53H,12,15-20,22,25H2,1-9H3,(H,49,54)(H2,46,47,48,50)/t29-,31+,40-/m1/s1. The van der Waals surface area contributed by atoms with Crippen LogP contribution in [0.2, 0.25) is 5.02 Å². The van der Waals surface area contributed by atoms with Gasteiger partial charge >= 0.3 is 0 Å². The van der Waals surface area contributed by atoms with Crippen molar-refractivity contribution in [3.8, 4) is 5.75 Å². The van der Waals surface area contributed by atoms with E-state index in [1.165, 1.54) is 6.20 Å². The molecule has 3 amide bonds. The highest BCUT2D eigenvalue weighted by Gasteiger charge is 2.40. The van der Waals surface area contributed by atoms with Crippen LogP contribution in [0, 0.1) is 12.3 Å². The molecule has 4 N–H and O–H groups in total. The summed E-state index contributed by atoms with van der Waals surface area (Å²) >= 11 is 6.50. The van der Waals surface area contributed by atoms with E-state index in [0.717, 1.165) is 24.0 Å². The molecule has 0 bridgehead atoms. The molecule has 0 saturated carbocycles. The van der Waals surface area contributed by atoms with Crippen LogP contribution in [0.15, 0.2) is 47.5 Å². The van der Waals surface area contributed by atoms with Gasteiger partial charge in [0.15, 0.2) is 15.7 Å². The lowest BCUT2D eigenvalue weighted by atomic mass is 9.85.